The van der Waals surface area contributed by atoms with Crippen LogP contribution in [0.5, 0.6) is 5.75 Å². The van der Waals surface area contributed by atoms with Crippen molar-refractivity contribution in [3.05, 3.63) is 24.3 Å². The average Bonchev–Trinajstić information content (AvgIpc) is 2.77. The molecule has 0 unspecified atom stereocenters. The zero-order valence-corrected chi connectivity index (χ0v) is 10.9. The van der Waals surface area contributed by atoms with E-state index in [0.29, 0.717) is 0 Å². The third-order valence-electron chi connectivity index (χ3n) is 2.12. The Balaban J connectivity index is 2.36. The highest BCUT2D eigenvalue weighted by Crippen LogP contribution is 2.33. The zero-order chi connectivity index (χ0) is 12.3. The van der Waals surface area contributed by atoms with Gasteiger partial charge in [0.05, 0.1) is 11.7 Å². The zero-order valence-electron chi connectivity index (χ0n) is 10.1. The van der Waals surface area contributed by atoms with Gasteiger partial charge in [-0.3, -0.25) is 0 Å². The molecule has 5 heteroatoms. The first-order valence-electron chi connectivity index (χ1n) is 5.48. The van der Waals surface area contributed by atoms with Crippen LogP contribution in [0.3, 0.4) is 0 Å². The number of hydrogen-bond acceptors (Lipinski definition) is 5. The highest BCUT2D eigenvalue weighted by molar-refractivity contribution is 7.18. The first-order valence-corrected chi connectivity index (χ1v) is 6.29. The fourth-order valence-electron chi connectivity index (χ4n) is 1.43. The lowest BCUT2D eigenvalue weighted by atomic mass is 10.2. The van der Waals surface area contributed by atoms with E-state index in [9.17, 15) is 0 Å². The monoisotopic (exact) mass is 249 g/mol. The second-order valence-electron chi connectivity index (χ2n) is 3.83. The van der Waals surface area contributed by atoms with E-state index in [-0.39, 0.29) is 6.10 Å². The molecule has 0 aliphatic carbocycles. The summed E-state index contributed by atoms with van der Waals surface area (Å²) >= 11 is 1.51. The molecule has 0 saturated carbocycles. The molecule has 4 nitrogen and oxygen atoms in total. The Labute approximate surface area is 105 Å². The van der Waals surface area contributed by atoms with Gasteiger partial charge in [0, 0.05) is 7.05 Å². The number of aromatic nitrogens is 2. The summed E-state index contributed by atoms with van der Waals surface area (Å²) in [5.74, 6) is 0.848. The molecule has 1 aromatic heterocycles. The van der Waals surface area contributed by atoms with Crippen LogP contribution in [0.4, 0.5) is 5.13 Å². The molecule has 2 rings (SSSR count). The second kappa shape index (κ2) is 5.14. The van der Waals surface area contributed by atoms with E-state index in [2.05, 4.69) is 15.5 Å². The van der Waals surface area contributed by atoms with Crippen molar-refractivity contribution in [1.82, 2.24) is 10.2 Å². The fourth-order valence-corrected chi connectivity index (χ4v) is 2.16. The van der Waals surface area contributed by atoms with Gasteiger partial charge in [-0.1, -0.05) is 23.5 Å². The predicted octanol–water partition coefficient (Wildman–Crippen LogP) is 3.03. The van der Waals surface area contributed by atoms with Crippen molar-refractivity contribution in [1.29, 1.82) is 0 Å². The maximum absolute atomic E-state index is 5.76. The molecule has 90 valence electrons. The van der Waals surface area contributed by atoms with E-state index in [1.807, 2.05) is 45.2 Å². The summed E-state index contributed by atoms with van der Waals surface area (Å²) in [6.45, 7) is 4.02. The molecule has 0 spiro atoms. The summed E-state index contributed by atoms with van der Waals surface area (Å²) in [4.78, 5) is 0. The SMILES string of the molecule is CNc1nnc(-c2ccccc2OC(C)C)s1. The third kappa shape index (κ3) is 2.74. The summed E-state index contributed by atoms with van der Waals surface area (Å²) in [6, 6.07) is 7.89. The van der Waals surface area contributed by atoms with Gasteiger partial charge in [-0.2, -0.15) is 0 Å². The molecule has 0 aliphatic rings. The smallest absolute Gasteiger partial charge is 0.205 e. The molecule has 0 amide bonds. The lowest BCUT2D eigenvalue weighted by molar-refractivity contribution is 0.243. The number of ether oxygens (including phenoxy) is 1. The minimum atomic E-state index is 0.146. The lowest BCUT2D eigenvalue weighted by Gasteiger charge is -2.12. The maximum atomic E-state index is 5.76. The van der Waals surface area contributed by atoms with E-state index < -0.39 is 0 Å². The number of rotatable bonds is 4. The van der Waals surface area contributed by atoms with Crippen LogP contribution in [0.15, 0.2) is 24.3 Å². The summed E-state index contributed by atoms with van der Waals surface area (Å²) < 4.78 is 5.76. The largest absolute Gasteiger partial charge is 0.490 e. The number of para-hydroxylation sites is 1. The Bertz CT molecular complexity index is 496. The minimum Gasteiger partial charge on any atom is -0.490 e. The van der Waals surface area contributed by atoms with Gasteiger partial charge in [0.15, 0.2) is 5.01 Å². The molecule has 0 bridgehead atoms. The van der Waals surface area contributed by atoms with Crippen LogP contribution in [0.2, 0.25) is 0 Å². The molecular formula is C12H15N3OS. The van der Waals surface area contributed by atoms with Gasteiger partial charge in [0.25, 0.3) is 0 Å². The van der Waals surface area contributed by atoms with Gasteiger partial charge in [-0.25, -0.2) is 0 Å². The predicted molar refractivity (Wildman–Crippen MR) is 70.7 cm³/mol. The normalized spacial score (nSPS) is 10.6. The van der Waals surface area contributed by atoms with Crippen molar-refractivity contribution in [2.75, 3.05) is 12.4 Å². The van der Waals surface area contributed by atoms with Gasteiger partial charge >= 0.3 is 0 Å². The van der Waals surface area contributed by atoms with E-state index in [1.165, 1.54) is 11.3 Å². The molecular weight excluding hydrogens is 234 g/mol. The van der Waals surface area contributed by atoms with E-state index in [1.54, 1.807) is 0 Å². The van der Waals surface area contributed by atoms with Crippen molar-refractivity contribution in [3.8, 4) is 16.3 Å². The van der Waals surface area contributed by atoms with E-state index in [4.69, 9.17) is 4.74 Å². The Morgan fingerprint density at radius 3 is 2.65 bits per heavy atom. The van der Waals surface area contributed by atoms with Gasteiger partial charge in [0.1, 0.15) is 5.75 Å². The summed E-state index contributed by atoms with van der Waals surface area (Å²) in [5.41, 5.74) is 0.986. The highest BCUT2D eigenvalue weighted by atomic mass is 32.1. The summed E-state index contributed by atoms with van der Waals surface area (Å²) in [6.07, 6.45) is 0.146. The van der Waals surface area contributed by atoms with Crippen LogP contribution in [0.25, 0.3) is 10.6 Å². The van der Waals surface area contributed by atoms with Crippen molar-refractivity contribution in [2.45, 2.75) is 20.0 Å². The average molecular weight is 249 g/mol. The van der Waals surface area contributed by atoms with Crippen LogP contribution in [0.1, 0.15) is 13.8 Å². The number of nitrogens with one attached hydrogen (secondary N) is 1. The third-order valence-corrected chi connectivity index (χ3v) is 3.09. The van der Waals surface area contributed by atoms with Crippen molar-refractivity contribution in [3.63, 3.8) is 0 Å². The summed E-state index contributed by atoms with van der Waals surface area (Å²) in [7, 11) is 1.83. The molecule has 1 N–H and O–H groups in total. The van der Waals surface area contributed by atoms with Crippen LogP contribution in [-0.2, 0) is 0 Å². The number of nitrogens with zero attached hydrogens (tertiary/aromatic N) is 2. The van der Waals surface area contributed by atoms with Gasteiger partial charge in [-0.05, 0) is 26.0 Å². The Hall–Kier alpha value is -1.62. The minimum absolute atomic E-state index is 0.146. The summed E-state index contributed by atoms with van der Waals surface area (Å²) in [5, 5.41) is 12.8. The maximum Gasteiger partial charge on any atom is 0.205 e. The first-order chi connectivity index (χ1) is 8.20. The van der Waals surface area contributed by atoms with Gasteiger partial charge in [-0.15, -0.1) is 10.2 Å². The van der Waals surface area contributed by atoms with Gasteiger partial charge < -0.3 is 10.1 Å². The van der Waals surface area contributed by atoms with Gasteiger partial charge in [0.2, 0.25) is 5.13 Å². The Kier molecular flexibility index (Phi) is 3.58. The van der Waals surface area contributed by atoms with E-state index >= 15 is 0 Å². The number of hydrogen-bond donors (Lipinski definition) is 1. The first kappa shape index (κ1) is 11.9. The lowest BCUT2D eigenvalue weighted by Crippen LogP contribution is -2.06. The van der Waals surface area contributed by atoms with Crippen LogP contribution >= 0.6 is 11.3 Å². The van der Waals surface area contributed by atoms with Crippen molar-refractivity contribution < 1.29 is 4.74 Å². The molecule has 17 heavy (non-hydrogen) atoms. The molecule has 0 saturated heterocycles. The quantitative estimate of drug-likeness (QED) is 0.904. The number of anilines is 1. The molecule has 0 radical (unpaired) electrons. The fraction of sp³-hybridized carbons (Fsp3) is 0.333. The number of benzene rings is 1. The molecule has 0 atom stereocenters. The molecule has 2 aromatic rings. The van der Waals surface area contributed by atoms with E-state index in [0.717, 1.165) is 21.5 Å². The molecule has 1 aromatic carbocycles. The van der Waals surface area contributed by atoms with Crippen LogP contribution < -0.4 is 10.1 Å². The van der Waals surface area contributed by atoms with Crippen LogP contribution in [0, 0.1) is 0 Å². The molecule has 0 aliphatic heterocycles. The second-order valence-corrected chi connectivity index (χ2v) is 4.80. The standard InChI is InChI=1S/C12H15N3OS/c1-8(2)16-10-7-5-4-6-9(10)11-14-15-12(13-3)17-11/h4-8H,1-3H3,(H,13,15). The van der Waals surface area contributed by atoms with Crippen molar-refractivity contribution >= 4 is 16.5 Å². The topological polar surface area (TPSA) is 47.0 Å². The Morgan fingerprint density at radius 1 is 1.24 bits per heavy atom. The Morgan fingerprint density at radius 2 is 2.00 bits per heavy atom. The molecule has 0 fully saturated rings. The van der Waals surface area contributed by atoms with Crippen LogP contribution in [-0.4, -0.2) is 23.3 Å². The van der Waals surface area contributed by atoms with Crippen molar-refractivity contribution in [2.24, 2.45) is 0 Å². The highest BCUT2D eigenvalue weighted by Gasteiger charge is 2.11. The molecule has 1 heterocycles.